The standard InChI is InChI=1S/C50H56N16O4/c1-6-8-24-63-40-42(56-46(63)61-22-14-16-31(51)27-61)59(4)48(69)65(44(40)67)29-38-53-35-20-12-10-18-33(35)37(55-38)26-50(3)34-19-11-13-21-36(34)54-39(58-50)30-66-45(68)41-43(60(5)49(66)70)57-47(64(41)25-9-7-2)62-23-15-17-32(52)28-62/h10-13,18-21,31-32H,14-17,22-30,51-52H2,1-5H3,(H,54,58)/t31-,32-,50?/m1/s1. The van der Waals surface area contributed by atoms with E-state index in [-0.39, 0.29) is 72.8 Å². The van der Waals surface area contributed by atoms with E-state index in [1.165, 1.54) is 13.7 Å². The van der Waals surface area contributed by atoms with E-state index in [1.807, 2.05) is 55.5 Å². The lowest BCUT2D eigenvalue weighted by Gasteiger charge is -2.34. The van der Waals surface area contributed by atoms with Crippen LogP contribution in [0.2, 0.25) is 0 Å². The Balaban J connectivity index is 1.05. The maximum Gasteiger partial charge on any atom is 0.332 e. The highest BCUT2D eigenvalue weighted by Crippen LogP contribution is 2.39. The number of nitrogens with zero attached hydrogens (tertiary/aromatic N) is 13. The summed E-state index contributed by atoms with van der Waals surface area (Å²) in [5.41, 5.74) is 13.5. The van der Waals surface area contributed by atoms with Crippen LogP contribution in [0.1, 0.15) is 63.5 Å². The molecule has 3 aliphatic rings. The summed E-state index contributed by atoms with van der Waals surface area (Å²) in [4.78, 5) is 86.8. The van der Waals surface area contributed by atoms with Crippen LogP contribution in [0.5, 0.6) is 0 Å². The lowest BCUT2D eigenvalue weighted by molar-refractivity contribution is 0.483. The molecule has 70 heavy (non-hydrogen) atoms. The van der Waals surface area contributed by atoms with Gasteiger partial charge in [-0.15, -0.1) is 11.8 Å². The van der Waals surface area contributed by atoms with Crippen LogP contribution in [-0.4, -0.2) is 91.4 Å². The number of nitrogens with two attached hydrogens (primary N) is 2. The van der Waals surface area contributed by atoms with E-state index in [0.29, 0.717) is 55.1 Å². The molecule has 0 spiro atoms. The number of amidine groups is 1. The van der Waals surface area contributed by atoms with Gasteiger partial charge < -0.3 is 26.6 Å². The highest BCUT2D eigenvalue weighted by molar-refractivity contribution is 5.98. The number of fused-ring (bicyclic) bond motifs is 4. The first-order valence-corrected chi connectivity index (χ1v) is 23.7. The number of benzene rings is 2. The highest BCUT2D eigenvalue weighted by atomic mass is 16.2. The number of imidazole rings is 2. The molecule has 360 valence electrons. The van der Waals surface area contributed by atoms with Gasteiger partial charge in [-0.25, -0.2) is 19.6 Å². The zero-order valence-corrected chi connectivity index (χ0v) is 40.1. The molecule has 7 aromatic rings. The van der Waals surface area contributed by atoms with Crippen LogP contribution in [0, 0.1) is 23.7 Å². The Morgan fingerprint density at radius 2 is 1.24 bits per heavy atom. The Morgan fingerprint density at radius 3 is 1.81 bits per heavy atom. The predicted molar refractivity (Wildman–Crippen MR) is 271 cm³/mol. The molecular formula is C50H56N16O4. The Labute approximate surface area is 402 Å². The van der Waals surface area contributed by atoms with Crippen molar-refractivity contribution in [2.24, 2.45) is 30.6 Å². The minimum Gasteiger partial charge on any atom is -0.342 e. The number of hydrogen-bond acceptors (Lipinski definition) is 14. The summed E-state index contributed by atoms with van der Waals surface area (Å²) in [5.74, 6) is 13.8. The van der Waals surface area contributed by atoms with Crippen molar-refractivity contribution in [2.75, 3.05) is 41.3 Å². The molecule has 8 heterocycles. The van der Waals surface area contributed by atoms with Crippen molar-refractivity contribution < 1.29 is 0 Å². The largest absolute Gasteiger partial charge is 0.342 e. The number of aryl methyl sites for hydroxylation is 2. The van der Waals surface area contributed by atoms with Crippen molar-refractivity contribution in [2.45, 2.75) is 96.7 Å². The molecule has 0 saturated carbocycles. The molecule has 1 unspecified atom stereocenters. The van der Waals surface area contributed by atoms with E-state index < -0.39 is 28.0 Å². The average molecular weight is 945 g/mol. The highest BCUT2D eigenvalue weighted by Gasteiger charge is 2.36. The lowest BCUT2D eigenvalue weighted by atomic mass is 9.84. The third kappa shape index (κ3) is 8.02. The third-order valence-corrected chi connectivity index (χ3v) is 13.7. The number of hydrogen-bond donors (Lipinski definition) is 3. The minimum absolute atomic E-state index is 0.0468. The van der Waals surface area contributed by atoms with E-state index in [1.54, 1.807) is 37.1 Å². The second-order valence-corrected chi connectivity index (χ2v) is 18.6. The van der Waals surface area contributed by atoms with Crippen molar-refractivity contribution in [3.63, 3.8) is 0 Å². The second kappa shape index (κ2) is 18.3. The van der Waals surface area contributed by atoms with Crippen LogP contribution in [0.15, 0.2) is 72.7 Å². The third-order valence-electron chi connectivity index (χ3n) is 13.7. The van der Waals surface area contributed by atoms with Gasteiger partial charge >= 0.3 is 11.4 Å². The number of piperidine rings is 2. The van der Waals surface area contributed by atoms with Gasteiger partial charge in [-0.1, -0.05) is 48.2 Å². The second-order valence-electron chi connectivity index (χ2n) is 18.6. The average Bonchev–Trinajstić information content (AvgIpc) is 3.94. The molecule has 5 N–H and O–H groups in total. The predicted octanol–water partition coefficient (Wildman–Crippen LogP) is 1.98. The van der Waals surface area contributed by atoms with Crippen LogP contribution in [0.25, 0.3) is 33.2 Å². The van der Waals surface area contributed by atoms with Gasteiger partial charge in [0.05, 0.1) is 42.9 Å². The SMILES string of the molecule is CC#CCn1c(N2CCC[C@@H](N)C2)nc2c1c(=O)n(CC1=NC(C)(Cc3nc(Cn4c(=O)c5c(nc(N6CCC[C@@H](N)C6)n5CC#CC)n(C)c4=O)nc4ccccc34)c3ccccc3N1)c(=O)n2C. The topological polar surface area (TPSA) is 232 Å². The number of nitrogens with one attached hydrogen (secondary N) is 1. The number of aliphatic imine (C=N–C) groups is 1. The first-order valence-electron chi connectivity index (χ1n) is 23.7. The van der Waals surface area contributed by atoms with E-state index >= 15 is 0 Å². The lowest BCUT2D eigenvalue weighted by Crippen LogP contribution is -2.44. The van der Waals surface area contributed by atoms with Crippen molar-refractivity contribution in [1.29, 1.82) is 0 Å². The van der Waals surface area contributed by atoms with Gasteiger partial charge in [0.1, 0.15) is 11.7 Å². The molecule has 20 nitrogen and oxygen atoms in total. The summed E-state index contributed by atoms with van der Waals surface area (Å²) in [7, 11) is 3.22. The molecule has 20 heteroatoms. The minimum atomic E-state index is -0.991. The van der Waals surface area contributed by atoms with Crippen molar-refractivity contribution >= 4 is 56.7 Å². The molecule has 5 aromatic heterocycles. The van der Waals surface area contributed by atoms with E-state index in [9.17, 15) is 19.2 Å². The molecule has 0 aliphatic carbocycles. The van der Waals surface area contributed by atoms with Crippen LogP contribution < -0.4 is 49.1 Å². The molecule has 10 rings (SSSR count). The van der Waals surface area contributed by atoms with Gasteiger partial charge in [0, 0.05) is 75.4 Å². The summed E-state index contributed by atoms with van der Waals surface area (Å²) in [5, 5.41) is 4.18. The maximum absolute atomic E-state index is 14.7. The molecule has 0 radical (unpaired) electrons. The molecule has 3 atom stereocenters. The maximum atomic E-state index is 14.7. The molecule has 0 bridgehead atoms. The van der Waals surface area contributed by atoms with Crippen LogP contribution in [0.3, 0.4) is 0 Å². The van der Waals surface area contributed by atoms with Crippen molar-refractivity contribution in [3.05, 3.63) is 107 Å². The summed E-state index contributed by atoms with van der Waals surface area (Å²) in [6.07, 6.45) is 3.77. The molecule has 0 amide bonds. The monoisotopic (exact) mass is 944 g/mol. The first kappa shape index (κ1) is 45.9. The smallest absolute Gasteiger partial charge is 0.332 e. The first-order chi connectivity index (χ1) is 33.8. The van der Waals surface area contributed by atoms with Crippen LogP contribution in [-0.2, 0) is 52.2 Å². The molecule has 2 fully saturated rings. The Hall–Kier alpha value is -7.81. The van der Waals surface area contributed by atoms with Crippen LogP contribution >= 0.6 is 0 Å². The Morgan fingerprint density at radius 1 is 0.700 bits per heavy atom. The molecule has 2 saturated heterocycles. The Bertz CT molecular complexity index is 3660. The van der Waals surface area contributed by atoms with Crippen molar-refractivity contribution in [3.8, 4) is 23.7 Å². The molecule has 3 aliphatic heterocycles. The van der Waals surface area contributed by atoms with Gasteiger partial charge in [-0.3, -0.25) is 42.0 Å². The zero-order chi connectivity index (χ0) is 49.0. The zero-order valence-electron chi connectivity index (χ0n) is 40.1. The van der Waals surface area contributed by atoms with Gasteiger partial charge in [0.15, 0.2) is 22.3 Å². The van der Waals surface area contributed by atoms with Gasteiger partial charge in [-0.05, 0) is 58.6 Å². The van der Waals surface area contributed by atoms with E-state index in [0.717, 1.165) is 46.9 Å². The van der Waals surface area contributed by atoms with Crippen molar-refractivity contribution in [1.82, 2.24) is 47.3 Å². The number of rotatable bonds is 10. The summed E-state index contributed by atoms with van der Waals surface area (Å²) in [6, 6.07) is 15.3. The van der Waals surface area contributed by atoms with E-state index in [4.69, 9.17) is 36.4 Å². The van der Waals surface area contributed by atoms with Gasteiger partial charge in [-0.2, -0.15) is 9.97 Å². The van der Waals surface area contributed by atoms with Gasteiger partial charge in [0.25, 0.3) is 11.1 Å². The number of anilines is 3. The molecular weight excluding hydrogens is 889 g/mol. The summed E-state index contributed by atoms with van der Waals surface area (Å²) >= 11 is 0. The number of aromatic nitrogens is 10. The van der Waals surface area contributed by atoms with Gasteiger partial charge in [0.2, 0.25) is 11.9 Å². The van der Waals surface area contributed by atoms with E-state index in [2.05, 4.69) is 38.8 Å². The Kier molecular flexibility index (Phi) is 12.0. The fraction of sp³-hybridized carbons (Fsp3) is 0.420. The normalized spacial score (nSPS) is 19.1. The fourth-order valence-corrected chi connectivity index (χ4v) is 10.3. The quantitative estimate of drug-likeness (QED) is 0.167. The molecule has 2 aromatic carbocycles. The fourth-order valence-electron chi connectivity index (χ4n) is 10.3. The number of para-hydroxylation sites is 2. The summed E-state index contributed by atoms with van der Waals surface area (Å²) < 4.78 is 8.69. The van der Waals surface area contributed by atoms with Crippen LogP contribution in [0.4, 0.5) is 17.6 Å². The summed E-state index contributed by atoms with van der Waals surface area (Å²) in [6.45, 7) is 8.02.